The van der Waals surface area contributed by atoms with Gasteiger partial charge in [-0.25, -0.2) is 4.68 Å². The SMILES string of the molecule is S=c1nn[nH]n1CCSc1ccccc1. The third kappa shape index (κ3) is 2.90. The fraction of sp³-hybridized carbons (Fsp3) is 0.222. The molecule has 78 valence electrons. The lowest BCUT2D eigenvalue weighted by Gasteiger charge is -2.01. The highest BCUT2D eigenvalue weighted by atomic mass is 32.2. The third-order valence-corrected chi connectivity index (χ3v) is 3.15. The number of aryl methyl sites for hydroxylation is 1. The minimum Gasteiger partial charge on any atom is -0.242 e. The van der Waals surface area contributed by atoms with Crippen molar-refractivity contribution >= 4 is 24.0 Å². The second kappa shape index (κ2) is 5.09. The van der Waals surface area contributed by atoms with Gasteiger partial charge in [0.1, 0.15) is 0 Å². The van der Waals surface area contributed by atoms with Crippen LogP contribution in [0.25, 0.3) is 0 Å². The number of H-pyrrole nitrogens is 1. The fourth-order valence-electron chi connectivity index (χ4n) is 1.13. The first-order valence-electron chi connectivity index (χ1n) is 4.52. The number of aromatic amines is 1. The van der Waals surface area contributed by atoms with E-state index in [1.54, 1.807) is 16.4 Å². The van der Waals surface area contributed by atoms with Crippen molar-refractivity contribution in [2.45, 2.75) is 11.4 Å². The molecule has 0 saturated heterocycles. The van der Waals surface area contributed by atoms with E-state index in [1.807, 2.05) is 18.2 Å². The topological polar surface area (TPSA) is 46.5 Å². The smallest absolute Gasteiger partial charge is 0.238 e. The van der Waals surface area contributed by atoms with E-state index in [1.165, 1.54) is 4.90 Å². The predicted octanol–water partition coefficient (Wildman–Crippen LogP) is 2.13. The molecular formula is C9H10N4S2. The van der Waals surface area contributed by atoms with Crippen LogP contribution in [0.1, 0.15) is 0 Å². The van der Waals surface area contributed by atoms with Gasteiger partial charge in [0.25, 0.3) is 0 Å². The van der Waals surface area contributed by atoms with Crippen molar-refractivity contribution in [3.05, 3.63) is 35.1 Å². The predicted molar refractivity (Wildman–Crippen MR) is 62.4 cm³/mol. The van der Waals surface area contributed by atoms with Crippen LogP contribution in [0.15, 0.2) is 35.2 Å². The van der Waals surface area contributed by atoms with Gasteiger partial charge in [-0.15, -0.1) is 11.8 Å². The number of nitrogens with zero attached hydrogens (tertiary/aromatic N) is 3. The van der Waals surface area contributed by atoms with Crippen molar-refractivity contribution in [2.24, 2.45) is 0 Å². The van der Waals surface area contributed by atoms with Crippen molar-refractivity contribution in [3.8, 4) is 0 Å². The lowest BCUT2D eigenvalue weighted by molar-refractivity contribution is 0.625. The number of hydrogen-bond donors (Lipinski definition) is 1. The number of rotatable bonds is 4. The van der Waals surface area contributed by atoms with E-state index in [-0.39, 0.29) is 0 Å². The minimum atomic E-state index is 0.503. The summed E-state index contributed by atoms with van der Waals surface area (Å²) >= 11 is 6.75. The van der Waals surface area contributed by atoms with E-state index in [9.17, 15) is 0 Å². The summed E-state index contributed by atoms with van der Waals surface area (Å²) in [6.07, 6.45) is 0. The molecule has 0 fully saturated rings. The molecule has 4 nitrogen and oxygen atoms in total. The Hall–Kier alpha value is -1.14. The van der Waals surface area contributed by atoms with Crippen molar-refractivity contribution in [1.29, 1.82) is 0 Å². The van der Waals surface area contributed by atoms with E-state index < -0.39 is 0 Å². The number of tetrazole rings is 1. The number of nitrogens with one attached hydrogen (secondary N) is 1. The van der Waals surface area contributed by atoms with Crippen molar-refractivity contribution < 1.29 is 0 Å². The molecule has 0 saturated carbocycles. The Morgan fingerprint density at radius 3 is 2.80 bits per heavy atom. The maximum atomic E-state index is 4.96. The lowest BCUT2D eigenvalue weighted by Crippen LogP contribution is -2.02. The first kappa shape index (κ1) is 10.4. The van der Waals surface area contributed by atoms with E-state index in [0.717, 1.165) is 12.3 Å². The average Bonchev–Trinajstić information content (AvgIpc) is 2.66. The summed E-state index contributed by atoms with van der Waals surface area (Å²) in [6, 6.07) is 10.3. The molecule has 0 amide bonds. The van der Waals surface area contributed by atoms with Gasteiger partial charge in [-0.05, 0) is 24.4 Å². The summed E-state index contributed by atoms with van der Waals surface area (Å²) in [5, 5.41) is 10.1. The molecule has 1 N–H and O–H groups in total. The van der Waals surface area contributed by atoms with Crippen LogP contribution in [0.2, 0.25) is 0 Å². The Kier molecular flexibility index (Phi) is 3.52. The summed E-state index contributed by atoms with van der Waals surface area (Å²) < 4.78 is 2.26. The Morgan fingerprint density at radius 2 is 2.13 bits per heavy atom. The van der Waals surface area contributed by atoms with E-state index >= 15 is 0 Å². The molecule has 0 aliphatic rings. The Bertz CT molecular complexity index is 462. The first-order valence-corrected chi connectivity index (χ1v) is 5.91. The first-order chi connectivity index (χ1) is 7.36. The van der Waals surface area contributed by atoms with Crippen LogP contribution in [0, 0.1) is 4.77 Å². The summed E-state index contributed by atoms with van der Waals surface area (Å²) in [7, 11) is 0. The van der Waals surface area contributed by atoms with Gasteiger partial charge in [0.05, 0.1) is 6.54 Å². The maximum Gasteiger partial charge on any atom is 0.238 e. The number of benzene rings is 1. The van der Waals surface area contributed by atoms with Gasteiger partial charge in [-0.2, -0.15) is 5.21 Å². The molecule has 6 heteroatoms. The largest absolute Gasteiger partial charge is 0.242 e. The average molecular weight is 238 g/mol. The highest BCUT2D eigenvalue weighted by Gasteiger charge is 1.96. The maximum absolute atomic E-state index is 4.96. The van der Waals surface area contributed by atoms with Gasteiger partial charge >= 0.3 is 0 Å². The molecule has 2 aromatic rings. The van der Waals surface area contributed by atoms with Gasteiger partial charge in [-0.3, -0.25) is 0 Å². The minimum absolute atomic E-state index is 0.503. The molecule has 0 bridgehead atoms. The molecular weight excluding hydrogens is 228 g/mol. The van der Waals surface area contributed by atoms with E-state index in [0.29, 0.717) is 4.77 Å². The highest BCUT2D eigenvalue weighted by Crippen LogP contribution is 2.16. The number of hydrogen-bond acceptors (Lipinski definition) is 4. The van der Waals surface area contributed by atoms with Gasteiger partial charge in [-0.1, -0.05) is 28.5 Å². The molecule has 0 spiro atoms. The summed E-state index contributed by atoms with van der Waals surface area (Å²) in [5.41, 5.74) is 0. The molecule has 0 unspecified atom stereocenters. The third-order valence-electron chi connectivity index (χ3n) is 1.86. The summed E-state index contributed by atoms with van der Waals surface area (Å²) in [4.78, 5) is 1.26. The fourth-order valence-corrected chi connectivity index (χ4v) is 2.17. The molecule has 1 aromatic heterocycles. The number of aromatic nitrogens is 4. The van der Waals surface area contributed by atoms with E-state index in [4.69, 9.17) is 12.2 Å². The molecule has 1 aromatic carbocycles. The molecule has 0 radical (unpaired) electrons. The van der Waals surface area contributed by atoms with Crippen LogP contribution in [0.3, 0.4) is 0 Å². The second-order valence-electron chi connectivity index (χ2n) is 2.90. The number of thioether (sulfide) groups is 1. The zero-order valence-electron chi connectivity index (χ0n) is 7.96. The standard InChI is InChI=1S/C9H10N4S2/c14-9-10-11-12-13(9)6-7-15-8-4-2-1-3-5-8/h1-5H,6-7H2,(H,10,12,14). The van der Waals surface area contributed by atoms with Crippen LogP contribution < -0.4 is 0 Å². The molecule has 2 rings (SSSR count). The lowest BCUT2D eigenvalue weighted by atomic mass is 10.4. The van der Waals surface area contributed by atoms with Crippen molar-refractivity contribution in [3.63, 3.8) is 0 Å². The zero-order chi connectivity index (χ0) is 10.5. The second-order valence-corrected chi connectivity index (χ2v) is 4.43. The Labute approximate surface area is 96.7 Å². The molecule has 0 atom stereocenters. The van der Waals surface area contributed by atoms with E-state index in [2.05, 4.69) is 27.7 Å². The van der Waals surface area contributed by atoms with Gasteiger partial charge in [0.15, 0.2) is 0 Å². The van der Waals surface area contributed by atoms with Crippen LogP contribution >= 0.6 is 24.0 Å². The molecule has 15 heavy (non-hydrogen) atoms. The molecule has 0 aliphatic carbocycles. The Balaban J connectivity index is 1.86. The molecule has 0 aliphatic heterocycles. The van der Waals surface area contributed by atoms with Crippen LogP contribution in [0.5, 0.6) is 0 Å². The quantitative estimate of drug-likeness (QED) is 0.654. The highest BCUT2D eigenvalue weighted by molar-refractivity contribution is 7.99. The summed E-state index contributed by atoms with van der Waals surface area (Å²) in [5.74, 6) is 0.947. The van der Waals surface area contributed by atoms with Crippen LogP contribution in [-0.2, 0) is 6.54 Å². The van der Waals surface area contributed by atoms with Gasteiger partial charge < -0.3 is 0 Å². The normalized spacial score (nSPS) is 10.4. The molecule has 1 heterocycles. The Morgan fingerprint density at radius 1 is 1.33 bits per heavy atom. The monoisotopic (exact) mass is 238 g/mol. The van der Waals surface area contributed by atoms with Gasteiger partial charge in [0.2, 0.25) is 4.77 Å². The summed E-state index contributed by atoms with van der Waals surface area (Å²) in [6.45, 7) is 0.797. The zero-order valence-corrected chi connectivity index (χ0v) is 9.59. The van der Waals surface area contributed by atoms with Gasteiger partial charge in [0, 0.05) is 10.6 Å². The van der Waals surface area contributed by atoms with Crippen molar-refractivity contribution in [2.75, 3.05) is 5.75 Å². The van der Waals surface area contributed by atoms with Crippen molar-refractivity contribution in [1.82, 2.24) is 20.2 Å². The van der Waals surface area contributed by atoms with Crippen LogP contribution in [0.4, 0.5) is 0 Å². The van der Waals surface area contributed by atoms with Crippen LogP contribution in [-0.4, -0.2) is 26.0 Å².